The van der Waals surface area contributed by atoms with Crippen LogP contribution in [0, 0.1) is 0 Å². The summed E-state index contributed by atoms with van der Waals surface area (Å²) in [5, 5.41) is 0. The van der Waals surface area contributed by atoms with Crippen molar-refractivity contribution in [3.8, 4) is 0 Å². The van der Waals surface area contributed by atoms with Gasteiger partial charge in [-0.1, -0.05) is 0 Å². The van der Waals surface area contributed by atoms with E-state index in [1.807, 2.05) is 27.7 Å². The van der Waals surface area contributed by atoms with Crippen LogP contribution in [0.25, 0.3) is 0 Å². The van der Waals surface area contributed by atoms with Gasteiger partial charge >= 0.3 is 59.5 Å². The van der Waals surface area contributed by atoms with Gasteiger partial charge in [-0.25, -0.2) is 0 Å². The zero-order valence-electron chi connectivity index (χ0n) is 9.62. The molecule has 0 radical (unpaired) electrons. The largest absolute Gasteiger partial charge is 0.399 e. The summed E-state index contributed by atoms with van der Waals surface area (Å²) in [7, 11) is -0.589. The van der Waals surface area contributed by atoms with Crippen molar-refractivity contribution in [1.82, 2.24) is 0 Å². The normalized spacial score (nSPS) is 10.9. The van der Waals surface area contributed by atoms with Crippen LogP contribution >= 0.6 is 0 Å². The second kappa shape index (κ2) is 15.7. The molecule has 0 aromatic rings. The summed E-state index contributed by atoms with van der Waals surface area (Å²) in [6, 6.07) is 0. The first-order valence-corrected chi connectivity index (χ1v) is 7.07. The molecule has 0 heterocycles. The van der Waals surface area contributed by atoms with Crippen LogP contribution in [0.1, 0.15) is 34.1 Å². The summed E-state index contributed by atoms with van der Waals surface area (Å²) in [6.45, 7) is 9.46. The van der Waals surface area contributed by atoms with E-state index in [0.29, 0.717) is 0 Å². The van der Waals surface area contributed by atoms with E-state index in [0.717, 1.165) is 19.6 Å². The van der Waals surface area contributed by atoms with Crippen molar-refractivity contribution in [3.05, 3.63) is 0 Å². The third kappa shape index (κ3) is 18.1. The van der Waals surface area contributed by atoms with E-state index in [1.54, 1.807) is 0 Å². The molecule has 0 aliphatic heterocycles. The Morgan fingerprint density at radius 3 is 1.93 bits per heavy atom. The molecule has 6 heteroatoms. The topological polar surface area (TPSA) is 44.8 Å². The predicted molar refractivity (Wildman–Crippen MR) is 59.1 cm³/mol. The van der Waals surface area contributed by atoms with Gasteiger partial charge in [0.1, 0.15) is 0 Å². The zero-order valence-corrected chi connectivity index (χ0v) is 12.2. The van der Waals surface area contributed by atoms with Gasteiger partial charge in [0.25, 0.3) is 0 Å². The SMILES string of the molecule is CCC(C)[O][Al]=[O].CCO[SiH2]OCC. The van der Waals surface area contributed by atoms with E-state index in [4.69, 9.17) is 12.6 Å². The molecule has 0 aliphatic rings. The van der Waals surface area contributed by atoms with Gasteiger partial charge in [-0.2, -0.15) is 0 Å². The number of hydrogen-bond acceptors (Lipinski definition) is 4. The molecule has 0 bridgehead atoms. The van der Waals surface area contributed by atoms with Crippen molar-refractivity contribution in [3.63, 3.8) is 0 Å². The summed E-state index contributed by atoms with van der Waals surface area (Å²) in [5.74, 6) is 0. The molecule has 0 fully saturated rings. The van der Waals surface area contributed by atoms with Crippen molar-refractivity contribution in [2.24, 2.45) is 0 Å². The summed E-state index contributed by atoms with van der Waals surface area (Å²) in [4.78, 5) is 0. The average Bonchev–Trinajstić information content (AvgIpc) is 2.20. The molecule has 1 atom stereocenters. The van der Waals surface area contributed by atoms with Gasteiger partial charge in [0, 0.05) is 13.2 Å². The molecule has 14 heavy (non-hydrogen) atoms. The van der Waals surface area contributed by atoms with Gasteiger partial charge in [0.05, 0.1) is 0 Å². The van der Waals surface area contributed by atoms with Crippen molar-refractivity contribution in [2.75, 3.05) is 13.2 Å². The summed E-state index contributed by atoms with van der Waals surface area (Å²) < 4.78 is 24.5. The third-order valence-corrected chi connectivity index (χ3v) is 3.16. The van der Waals surface area contributed by atoms with E-state index in [2.05, 4.69) is 0 Å². The third-order valence-electron chi connectivity index (χ3n) is 1.44. The van der Waals surface area contributed by atoms with E-state index in [9.17, 15) is 3.80 Å². The fraction of sp³-hybridized carbons (Fsp3) is 1.00. The smallest absolute Gasteiger partial charge is 0.304 e. The van der Waals surface area contributed by atoms with Gasteiger partial charge < -0.3 is 8.85 Å². The van der Waals surface area contributed by atoms with Crippen LogP contribution < -0.4 is 0 Å². The standard InChI is InChI=1S/C4H12O2Si.C4H9O.Al.O/c1-3-5-7-6-4-2;1-3-4(2)5;;/h3-4,7H2,1-2H3;4H,3H2,1-2H3;;/q;-1;+1;. The van der Waals surface area contributed by atoms with Crippen molar-refractivity contribution in [1.29, 1.82) is 0 Å². The minimum Gasteiger partial charge on any atom is -0.399 e. The summed E-state index contributed by atoms with van der Waals surface area (Å²) >= 11 is -1.000. The Kier molecular flexibility index (Phi) is 18.8. The quantitative estimate of drug-likeness (QED) is 0.485. The summed E-state index contributed by atoms with van der Waals surface area (Å²) in [6.07, 6.45) is 1.11. The first kappa shape index (κ1) is 16.7. The van der Waals surface area contributed by atoms with Gasteiger partial charge in [0.2, 0.25) is 0 Å². The maximum atomic E-state index is 9.76. The molecule has 4 nitrogen and oxygen atoms in total. The number of rotatable bonds is 7. The number of hydrogen-bond donors (Lipinski definition) is 0. The molecule has 84 valence electrons. The first-order valence-electron chi connectivity index (χ1n) is 4.97. The Bertz CT molecular complexity index is 112. The Morgan fingerprint density at radius 2 is 1.71 bits per heavy atom. The fourth-order valence-electron chi connectivity index (χ4n) is 0.417. The van der Waals surface area contributed by atoms with E-state index >= 15 is 0 Å². The molecule has 1 unspecified atom stereocenters. The second-order valence-corrected chi connectivity index (χ2v) is 4.07. The van der Waals surface area contributed by atoms with Gasteiger partial charge in [0.15, 0.2) is 0 Å². The Balaban J connectivity index is 0. The van der Waals surface area contributed by atoms with Gasteiger partial charge in [-0.3, -0.25) is 0 Å². The Hall–Kier alpha value is 0.269. The predicted octanol–water partition coefficient (Wildman–Crippen LogP) is 0.824. The molecule has 0 aromatic heterocycles. The minimum atomic E-state index is -1.000. The first-order chi connectivity index (χ1) is 6.72. The Morgan fingerprint density at radius 1 is 1.21 bits per heavy atom. The maximum absolute atomic E-state index is 9.76. The van der Waals surface area contributed by atoms with Crippen molar-refractivity contribution >= 4 is 25.5 Å². The zero-order chi connectivity index (χ0) is 11.2. The molecule has 0 aliphatic carbocycles. The van der Waals surface area contributed by atoms with E-state index in [1.165, 1.54) is 0 Å². The molecular formula is C8H21AlO4Si. The molecular weight excluding hydrogens is 215 g/mol. The molecule has 0 aromatic carbocycles. The molecule has 0 amide bonds. The molecule has 0 rings (SSSR count). The monoisotopic (exact) mass is 236 g/mol. The van der Waals surface area contributed by atoms with Gasteiger partial charge in [-0.05, 0) is 13.8 Å². The molecule has 0 N–H and O–H groups in total. The van der Waals surface area contributed by atoms with Crippen LogP contribution in [0.15, 0.2) is 0 Å². The fourth-order valence-corrected chi connectivity index (χ4v) is 1.25. The second-order valence-electron chi connectivity index (χ2n) is 2.55. The van der Waals surface area contributed by atoms with Crippen molar-refractivity contribution < 1.29 is 16.4 Å². The molecule has 0 saturated carbocycles. The molecule has 0 spiro atoms. The van der Waals surface area contributed by atoms with Crippen LogP contribution in [0.5, 0.6) is 0 Å². The maximum Gasteiger partial charge on any atom is 0.304 e. The van der Waals surface area contributed by atoms with Crippen molar-refractivity contribution in [2.45, 2.75) is 40.2 Å². The van der Waals surface area contributed by atoms with Crippen LogP contribution in [-0.4, -0.2) is 44.8 Å². The van der Waals surface area contributed by atoms with Crippen LogP contribution in [0.2, 0.25) is 0 Å². The summed E-state index contributed by atoms with van der Waals surface area (Å²) in [5.41, 5.74) is 0. The van der Waals surface area contributed by atoms with Crippen LogP contribution in [0.3, 0.4) is 0 Å². The average molecular weight is 236 g/mol. The Labute approximate surface area is 95.6 Å². The van der Waals surface area contributed by atoms with Crippen LogP contribution in [0.4, 0.5) is 0 Å². The van der Waals surface area contributed by atoms with E-state index < -0.39 is 25.5 Å². The van der Waals surface area contributed by atoms with E-state index in [-0.39, 0.29) is 6.10 Å². The van der Waals surface area contributed by atoms with Crippen LogP contribution in [-0.2, 0) is 16.4 Å². The minimum absolute atomic E-state index is 0.174. The van der Waals surface area contributed by atoms with Gasteiger partial charge in [-0.15, -0.1) is 0 Å². The molecule has 0 saturated heterocycles.